The van der Waals surface area contributed by atoms with Gasteiger partial charge in [0.25, 0.3) is 0 Å². The number of hydrogen-bond acceptors (Lipinski definition) is 3. The molecule has 0 amide bonds. The van der Waals surface area contributed by atoms with E-state index in [2.05, 4.69) is 4.74 Å². The van der Waals surface area contributed by atoms with Gasteiger partial charge in [-0.25, -0.2) is 0 Å². The monoisotopic (exact) mass is 336 g/mol. The Hall–Kier alpha value is -2.50. The van der Waals surface area contributed by atoms with Crippen LogP contribution in [0.2, 0.25) is 0 Å². The largest absolute Gasteiger partial charge is 0.573 e. The van der Waals surface area contributed by atoms with E-state index >= 15 is 0 Å². The molecule has 0 spiro atoms. The minimum Gasteiger partial charge on any atom is -0.489 e. The molecule has 0 aliphatic heterocycles. The van der Waals surface area contributed by atoms with Gasteiger partial charge in [0, 0.05) is 5.56 Å². The Bertz CT molecular complexity index is 737. The summed E-state index contributed by atoms with van der Waals surface area (Å²) in [6.07, 6.45) is -2.02. The number of rotatable bonds is 6. The van der Waals surface area contributed by atoms with Crippen molar-refractivity contribution in [1.29, 1.82) is 0 Å². The van der Waals surface area contributed by atoms with Gasteiger partial charge in [0.05, 0.1) is 6.61 Å². The summed E-state index contributed by atoms with van der Waals surface area (Å²) in [6, 6.07) is 11.1. The Labute approximate surface area is 137 Å². The number of halogens is 3. The molecule has 2 aromatic carbocycles. The van der Waals surface area contributed by atoms with Crippen LogP contribution in [0.25, 0.3) is 11.1 Å². The van der Waals surface area contributed by atoms with Crippen molar-refractivity contribution in [2.45, 2.75) is 19.2 Å². The Morgan fingerprint density at radius 3 is 2.46 bits per heavy atom. The van der Waals surface area contributed by atoms with Crippen LogP contribution in [0, 0.1) is 5.92 Å². The summed E-state index contributed by atoms with van der Waals surface area (Å²) in [5, 5.41) is 0. The van der Waals surface area contributed by atoms with Crippen molar-refractivity contribution in [3.8, 4) is 22.6 Å². The van der Waals surface area contributed by atoms with Crippen molar-refractivity contribution in [2.75, 3.05) is 6.61 Å². The van der Waals surface area contributed by atoms with Crippen molar-refractivity contribution in [1.82, 2.24) is 0 Å². The maximum Gasteiger partial charge on any atom is 0.573 e. The highest BCUT2D eigenvalue weighted by Gasteiger charge is 2.33. The lowest BCUT2D eigenvalue weighted by molar-refractivity contribution is -0.275. The minimum atomic E-state index is -4.78. The Balaban J connectivity index is 1.92. The van der Waals surface area contributed by atoms with E-state index in [9.17, 15) is 18.0 Å². The standard InChI is InChI=1S/C18H15F3O3/c19-18(20,21)24-16-7-6-15(9-17(16)23-11-12-4-5-12)14-3-1-2-13(8-14)10-22/h1-3,6-10,12H,4-5,11H2. The topological polar surface area (TPSA) is 35.5 Å². The first-order valence-electron chi connectivity index (χ1n) is 7.53. The Morgan fingerprint density at radius 1 is 1.04 bits per heavy atom. The average Bonchev–Trinajstić information content (AvgIpc) is 3.37. The molecule has 126 valence electrons. The fourth-order valence-electron chi connectivity index (χ4n) is 2.29. The summed E-state index contributed by atoms with van der Waals surface area (Å²) in [4.78, 5) is 10.9. The highest BCUT2D eigenvalue weighted by atomic mass is 19.4. The van der Waals surface area contributed by atoms with Gasteiger partial charge in [-0.15, -0.1) is 13.2 Å². The molecule has 0 N–H and O–H groups in total. The molecular formula is C18H15F3O3. The maximum atomic E-state index is 12.5. The van der Waals surface area contributed by atoms with Gasteiger partial charge in [0.1, 0.15) is 6.29 Å². The number of hydrogen-bond donors (Lipinski definition) is 0. The van der Waals surface area contributed by atoms with Crippen molar-refractivity contribution >= 4 is 6.29 Å². The number of alkyl halides is 3. The van der Waals surface area contributed by atoms with Gasteiger partial charge in [0.15, 0.2) is 11.5 Å². The number of ether oxygens (including phenoxy) is 2. The van der Waals surface area contributed by atoms with E-state index in [1.54, 1.807) is 24.3 Å². The molecule has 2 aromatic rings. The first kappa shape index (κ1) is 16.4. The third-order valence-electron chi connectivity index (χ3n) is 3.70. The van der Waals surface area contributed by atoms with Crippen LogP contribution >= 0.6 is 0 Å². The van der Waals surface area contributed by atoms with Crippen LogP contribution in [0.5, 0.6) is 11.5 Å². The van der Waals surface area contributed by atoms with Crippen LogP contribution in [0.1, 0.15) is 23.2 Å². The molecule has 3 rings (SSSR count). The predicted molar refractivity (Wildman–Crippen MR) is 82.2 cm³/mol. The molecule has 1 aliphatic rings. The molecule has 0 unspecified atom stereocenters. The molecule has 1 aliphatic carbocycles. The van der Waals surface area contributed by atoms with E-state index in [0.29, 0.717) is 23.7 Å². The molecule has 0 radical (unpaired) electrons. The van der Waals surface area contributed by atoms with Crippen LogP contribution in [-0.4, -0.2) is 19.3 Å². The van der Waals surface area contributed by atoms with Crippen molar-refractivity contribution in [3.63, 3.8) is 0 Å². The second-order valence-corrected chi connectivity index (χ2v) is 5.71. The van der Waals surface area contributed by atoms with Crippen molar-refractivity contribution in [3.05, 3.63) is 48.0 Å². The average molecular weight is 336 g/mol. The van der Waals surface area contributed by atoms with Gasteiger partial charge in [-0.05, 0) is 48.1 Å². The van der Waals surface area contributed by atoms with Gasteiger partial charge in [0.2, 0.25) is 0 Å². The summed E-state index contributed by atoms with van der Waals surface area (Å²) < 4.78 is 47.2. The second kappa shape index (κ2) is 6.55. The summed E-state index contributed by atoms with van der Waals surface area (Å²) in [6.45, 7) is 0.367. The quantitative estimate of drug-likeness (QED) is 0.707. The summed E-state index contributed by atoms with van der Waals surface area (Å²) in [5.74, 6) is 0.0810. The van der Waals surface area contributed by atoms with Crippen molar-refractivity contribution < 1.29 is 27.4 Å². The molecule has 0 bridgehead atoms. The lowest BCUT2D eigenvalue weighted by Gasteiger charge is -2.15. The SMILES string of the molecule is O=Cc1cccc(-c2ccc(OC(F)(F)F)c(OCC3CC3)c2)c1. The zero-order valence-electron chi connectivity index (χ0n) is 12.7. The van der Waals surface area contributed by atoms with Gasteiger partial charge >= 0.3 is 6.36 Å². The van der Waals surface area contributed by atoms with E-state index in [0.717, 1.165) is 24.7 Å². The van der Waals surface area contributed by atoms with E-state index < -0.39 is 6.36 Å². The highest BCUT2D eigenvalue weighted by molar-refractivity contribution is 5.79. The molecular weight excluding hydrogens is 321 g/mol. The minimum absolute atomic E-state index is 0.0493. The maximum absolute atomic E-state index is 12.5. The molecule has 24 heavy (non-hydrogen) atoms. The zero-order valence-corrected chi connectivity index (χ0v) is 12.7. The van der Waals surface area contributed by atoms with E-state index in [-0.39, 0.29) is 11.5 Å². The lowest BCUT2D eigenvalue weighted by atomic mass is 10.0. The molecule has 1 saturated carbocycles. The highest BCUT2D eigenvalue weighted by Crippen LogP contribution is 2.38. The predicted octanol–water partition coefficient (Wildman–Crippen LogP) is 4.85. The second-order valence-electron chi connectivity index (χ2n) is 5.71. The summed E-state index contributed by atoms with van der Waals surface area (Å²) >= 11 is 0. The number of aldehydes is 1. The van der Waals surface area contributed by atoms with Crippen LogP contribution < -0.4 is 9.47 Å². The van der Waals surface area contributed by atoms with E-state index in [1.807, 2.05) is 0 Å². The van der Waals surface area contributed by atoms with Gasteiger partial charge in [-0.3, -0.25) is 4.79 Å². The van der Waals surface area contributed by atoms with Crippen LogP contribution in [0.3, 0.4) is 0 Å². The number of benzene rings is 2. The first-order chi connectivity index (χ1) is 11.4. The van der Waals surface area contributed by atoms with Crippen LogP contribution in [0.4, 0.5) is 13.2 Å². The third-order valence-corrected chi connectivity index (χ3v) is 3.70. The Kier molecular flexibility index (Phi) is 4.46. The fourth-order valence-corrected chi connectivity index (χ4v) is 2.29. The van der Waals surface area contributed by atoms with E-state index in [4.69, 9.17) is 4.74 Å². The molecule has 0 heterocycles. The smallest absolute Gasteiger partial charge is 0.489 e. The van der Waals surface area contributed by atoms with Crippen molar-refractivity contribution in [2.24, 2.45) is 5.92 Å². The first-order valence-corrected chi connectivity index (χ1v) is 7.53. The van der Waals surface area contributed by atoms with Gasteiger partial charge in [-0.1, -0.05) is 24.3 Å². The molecule has 0 aromatic heterocycles. The fraction of sp³-hybridized carbons (Fsp3) is 0.278. The number of carbonyl (C=O) groups is 1. The molecule has 1 fully saturated rings. The Morgan fingerprint density at radius 2 is 1.79 bits per heavy atom. The normalized spacial score (nSPS) is 14.3. The summed E-state index contributed by atoms with van der Waals surface area (Å²) in [7, 11) is 0. The molecule has 0 saturated heterocycles. The lowest BCUT2D eigenvalue weighted by Crippen LogP contribution is -2.18. The number of carbonyl (C=O) groups excluding carboxylic acids is 1. The van der Waals surface area contributed by atoms with Crippen LogP contribution in [0.15, 0.2) is 42.5 Å². The third kappa shape index (κ3) is 4.28. The van der Waals surface area contributed by atoms with Gasteiger partial charge in [-0.2, -0.15) is 0 Å². The van der Waals surface area contributed by atoms with Crippen LogP contribution in [-0.2, 0) is 0 Å². The molecule has 3 nitrogen and oxygen atoms in total. The molecule has 0 atom stereocenters. The zero-order chi connectivity index (χ0) is 17.2. The summed E-state index contributed by atoms with van der Waals surface area (Å²) in [5.41, 5.74) is 1.86. The van der Waals surface area contributed by atoms with Gasteiger partial charge < -0.3 is 9.47 Å². The molecule has 6 heteroatoms. The van der Waals surface area contributed by atoms with E-state index in [1.165, 1.54) is 18.2 Å².